The summed E-state index contributed by atoms with van der Waals surface area (Å²) < 4.78 is 32.2. The van der Waals surface area contributed by atoms with Gasteiger partial charge in [0.15, 0.2) is 0 Å². The predicted molar refractivity (Wildman–Crippen MR) is 107 cm³/mol. The Balaban J connectivity index is 2.16. The zero-order valence-electron chi connectivity index (χ0n) is 15.9. The molecule has 0 aliphatic rings. The Morgan fingerprint density at radius 3 is 2.37 bits per heavy atom. The van der Waals surface area contributed by atoms with Crippen molar-refractivity contribution in [1.82, 2.24) is 5.32 Å². The monoisotopic (exact) mass is 390 g/mol. The predicted octanol–water partition coefficient (Wildman–Crippen LogP) is 3.44. The van der Waals surface area contributed by atoms with Crippen molar-refractivity contribution in [2.45, 2.75) is 31.1 Å². The van der Waals surface area contributed by atoms with Crippen LogP contribution in [0.4, 0.5) is 5.69 Å². The number of anilines is 1. The Kier molecular flexibility index (Phi) is 7.24. The highest BCUT2D eigenvalue weighted by Gasteiger charge is 2.23. The lowest BCUT2D eigenvalue weighted by Crippen LogP contribution is -2.27. The van der Waals surface area contributed by atoms with Crippen LogP contribution in [-0.4, -0.2) is 35.0 Å². The van der Waals surface area contributed by atoms with Crippen molar-refractivity contribution < 1.29 is 17.9 Å². The van der Waals surface area contributed by atoms with Crippen LogP contribution in [0.3, 0.4) is 0 Å². The van der Waals surface area contributed by atoms with Crippen molar-refractivity contribution in [2.75, 3.05) is 25.0 Å². The highest BCUT2D eigenvalue weighted by atomic mass is 32.2. The first kappa shape index (κ1) is 20.8. The fraction of sp³-hybridized carbons (Fsp3) is 0.350. The van der Waals surface area contributed by atoms with E-state index in [0.717, 1.165) is 19.3 Å². The summed E-state index contributed by atoms with van der Waals surface area (Å²) in [6.45, 7) is 2.71. The molecular formula is C20H26N2O4S. The van der Waals surface area contributed by atoms with Gasteiger partial charge < -0.3 is 10.1 Å². The van der Waals surface area contributed by atoms with E-state index in [1.807, 2.05) is 0 Å². The minimum Gasteiger partial charge on any atom is -0.495 e. The van der Waals surface area contributed by atoms with E-state index >= 15 is 0 Å². The number of nitrogens with zero attached hydrogens (tertiary/aromatic N) is 1. The van der Waals surface area contributed by atoms with Crippen molar-refractivity contribution in [3.8, 4) is 5.75 Å². The van der Waals surface area contributed by atoms with Gasteiger partial charge in [0.05, 0.1) is 17.7 Å². The molecular weight excluding hydrogens is 364 g/mol. The fourth-order valence-electron chi connectivity index (χ4n) is 2.63. The van der Waals surface area contributed by atoms with Gasteiger partial charge >= 0.3 is 0 Å². The first-order valence-electron chi connectivity index (χ1n) is 8.92. The molecule has 2 aromatic rings. The van der Waals surface area contributed by atoms with Crippen LogP contribution >= 0.6 is 0 Å². The first-order chi connectivity index (χ1) is 12.9. The van der Waals surface area contributed by atoms with E-state index in [0.29, 0.717) is 23.5 Å². The average Bonchev–Trinajstić information content (AvgIpc) is 2.70. The molecule has 0 aliphatic heterocycles. The lowest BCUT2D eigenvalue weighted by Gasteiger charge is -2.21. The topological polar surface area (TPSA) is 75.7 Å². The molecule has 0 saturated carbocycles. The fourth-order valence-corrected chi connectivity index (χ4v) is 3.84. The zero-order valence-corrected chi connectivity index (χ0v) is 16.8. The molecule has 2 aromatic carbocycles. The minimum atomic E-state index is -3.77. The van der Waals surface area contributed by atoms with Crippen LogP contribution in [0, 0.1) is 0 Å². The van der Waals surface area contributed by atoms with Gasteiger partial charge in [-0.2, -0.15) is 0 Å². The van der Waals surface area contributed by atoms with Crippen LogP contribution in [-0.2, 0) is 10.0 Å². The van der Waals surface area contributed by atoms with Gasteiger partial charge in [0.1, 0.15) is 5.75 Å². The largest absolute Gasteiger partial charge is 0.495 e. The molecule has 146 valence electrons. The average molecular weight is 391 g/mol. The lowest BCUT2D eigenvalue weighted by atomic mass is 10.2. The van der Waals surface area contributed by atoms with Gasteiger partial charge in [0, 0.05) is 19.2 Å². The molecule has 0 fully saturated rings. The van der Waals surface area contributed by atoms with Crippen LogP contribution in [0.2, 0.25) is 0 Å². The Bertz CT molecular complexity index is 864. The standard InChI is InChI=1S/C20H26N2O4S/c1-4-5-8-15-21-20(23)16-11-13-17(14-12-16)27(24,25)22(2)18-9-6-7-10-19(18)26-3/h6-7,9-14H,4-5,8,15H2,1-3H3,(H,21,23). The molecule has 0 spiro atoms. The molecule has 7 heteroatoms. The van der Waals surface area contributed by atoms with Gasteiger partial charge in [0.2, 0.25) is 0 Å². The smallest absolute Gasteiger partial charge is 0.264 e. The summed E-state index contributed by atoms with van der Waals surface area (Å²) in [5.41, 5.74) is 0.878. The third-order valence-electron chi connectivity index (χ3n) is 4.27. The number of carbonyl (C=O) groups excluding carboxylic acids is 1. The van der Waals surface area contributed by atoms with Gasteiger partial charge in [-0.3, -0.25) is 9.10 Å². The summed E-state index contributed by atoms with van der Waals surface area (Å²) >= 11 is 0. The number of hydrogen-bond donors (Lipinski definition) is 1. The van der Waals surface area contributed by atoms with Crippen molar-refractivity contribution in [3.63, 3.8) is 0 Å². The maximum atomic E-state index is 12.9. The molecule has 0 saturated heterocycles. The number of rotatable bonds is 9. The van der Waals surface area contributed by atoms with Crippen molar-refractivity contribution in [2.24, 2.45) is 0 Å². The first-order valence-corrected chi connectivity index (χ1v) is 10.4. The molecule has 6 nitrogen and oxygen atoms in total. The summed E-state index contributed by atoms with van der Waals surface area (Å²) in [4.78, 5) is 12.2. The van der Waals surface area contributed by atoms with E-state index in [-0.39, 0.29) is 10.8 Å². The summed E-state index contributed by atoms with van der Waals surface area (Å²) in [6, 6.07) is 12.8. The number of sulfonamides is 1. The maximum Gasteiger partial charge on any atom is 0.264 e. The number of hydrogen-bond acceptors (Lipinski definition) is 4. The Morgan fingerprint density at radius 2 is 1.74 bits per heavy atom. The second kappa shape index (κ2) is 9.41. The molecule has 0 atom stereocenters. The van der Waals surface area contributed by atoms with Gasteiger partial charge in [-0.1, -0.05) is 31.9 Å². The summed E-state index contributed by atoms with van der Waals surface area (Å²) in [6.07, 6.45) is 3.08. The normalized spacial score (nSPS) is 11.1. The van der Waals surface area contributed by atoms with Crippen molar-refractivity contribution >= 4 is 21.6 Å². The molecule has 1 N–H and O–H groups in total. The Labute approximate surface area is 161 Å². The minimum absolute atomic E-state index is 0.110. The number of carbonyl (C=O) groups is 1. The molecule has 2 rings (SSSR count). The molecule has 0 unspecified atom stereocenters. The van der Waals surface area contributed by atoms with Crippen LogP contribution in [0.15, 0.2) is 53.4 Å². The van der Waals surface area contributed by atoms with Gasteiger partial charge in [-0.25, -0.2) is 8.42 Å². The highest BCUT2D eigenvalue weighted by Crippen LogP contribution is 2.30. The SMILES string of the molecule is CCCCCNC(=O)c1ccc(S(=O)(=O)N(C)c2ccccc2OC)cc1. The van der Waals surface area contributed by atoms with E-state index < -0.39 is 10.0 Å². The number of amides is 1. The molecule has 0 bridgehead atoms. The second-order valence-corrected chi connectivity index (χ2v) is 8.10. The lowest BCUT2D eigenvalue weighted by molar-refractivity contribution is 0.0953. The van der Waals surface area contributed by atoms with Gasteiger partial charge in [-0.15, -0.1) is 0 Å². The van der Waals surface area contributed by atoms with Crippen LogP contribution in [0.1, 0.15) is 36.5 Å². The third kappa shape index (κ3) is 5.01. The van der Waals surface area contributed by atoms with Gasteiger partial charge in [-0.05, 0) is 42.8 Å². The third-order valence-corrected chi connectivity index (χ3v) is 6.05. The van der Waals surface area contributed by atoms with Crippen molar-refractivity contribution in [1.29, 1.82) is 0 Å². The molecule has 0 radical (unpaired) electrons. The zero-order chi connectivity index (χ0) is 19.9. The van der Waals surface area contributed by atoms with Crippen LogP contribution in [0.5, 0.6) is 5.75 Å². The highest BCUT2D eigenvalue weighted by molar-refractivity contribution is 7.92. The number of benzene rings is 2. The number of para-hydroxylation sites is 2. The molecule has 27 heavy (non-hydrogen) atoms. The maximum absolute atomic E-state index is 12.9. The van der Waals surface area contributed by atoms with Gasteiger partial charge in [0.25, 0.3) is 15.9 Å². The summed E-state index contributed by atoms with van der Waals surface area (Å²) in [5.74, 6) is 0.264. The number of methoxy groups -OCH3 is 1. The van der Waals surface area contributed by atoms with E-state index in [1.165, 1.54) is 42.7 Å². The molecule has 0 aliphatic carbocycles. The molecule has 0 aromatic heterocycles. The number of unbranched alkanes of at least 4 members (excludes halogenated alkanes) is 2. The number of ether oxygens (including phenoxy) is 1. The van der Waals surface area contributed by atoms with Crippen LogP contribution < -0.4 is 14.4 Å². The quantitative estimate of drug-likeness (QED) is 0.666. The molecule has 1 amide bonds. The summed E-state index contributed by atoms with van der Waals surface area (Å²) in [7, 11) is -0.803. The second-order valence-electron chi connectivity index (χ2n) is 6.13. The van der Waals surface area contributed by atoms with E-state index in [9.17, 15) is 13.2 Å². The van der Waals surface area contributed by atoms with E-state index in [4.69, 9.17) is 4.74 Å². The van der Waals surface area contributed by atoms with Crippen molar-refractivity contribution in [3.05, 3.63) is 54.1 Å². The van der Waals surface area contributed by atoms with Crippen LogP contribution in [0.25, 0.3) is 0 Å². The molecule has 0 heterocycles. The number of nitrogens with one attached hydrogen (secondary N) is 1. The Morgan fingerprint density at radius 1 is 1.07 bits per heavy atom. The van der Waals surface area contributed by atoms with E-state index in [2.05, 4.69) is 12.2 Å². The summed E-state index contributed by atoms with van der Waals surface area (Å²) in [5, 5.41) is 2.84. The Hall–Kier alpha value is -2.54. The van der Waals surface area contributed by atoms with E-state index in [1.54, 1.807) is 24.3 Å².